The van der Waals surface area contributed by atoms with Crippen LogP contribution in [0.25, 0.3) is 0 Å². The van der Waals surface area contributed by atoms with E-state index in [2.05, 4.69) is 15.3 Å². The summed E-state index contributed by atoms with van der Waals surface area (Å²) >= 11 is 5.93. The standard InChI is InChI=1S/C22H21ClN4O3/c23-16-9-10-19(24-13-16)27-12-11-22(18(28)14-27,15-5-2-1-3-6-15)26-21(30)17-7-4-8-20(29)25-17/h1-10,13,18,28H,11-12,14H2,(H,25,29)(H,26,30)/t18-,22+/m1/s1. The van der Waals surface area contributed by atoms with Gasteiger partial charge in [0.05, 0.1) is 16.7 Å². The van der Waals surface area contributed by atoms with Crippen LogP contribution in [0.4, 0.5) is 5.82 Å². The number of β-amino-alcohol motifs (C(OH)–C–C–N with tert-alkyl or cyclic N) is 1. The number of halogens is 1. The monoisotopic (exact) mass is 424 g/mol. The van der Waals surface area contributed by atoms with Gasteiger partial charge < -0.3 is 20.3 Å². The summed E-state index contributed by atoms with van der Waals surface area (Å²) in [6.45, 7) is 0.835. The number of nitrogens with zero attached hydrogens (tertiary/aromatic N) is 2. The van der Waals surface area contributed by atoms with Gasteiger partial charge in [0, 0.05) is 25.4 Å². The number of hydrogen-bond acceptors (Lipinski definition) is 5. The maximum absolute atomic E-state index is 12.9. The number of pyridine rings is 2. The quantitative estimate of drug-likeness (QED) is 0.597. The third kappa shape index (κ3) is 3.94. The zero-order valence-corrected chi connectivity index (χ0v) is 16.8. The molecule has 0 unspecified atom stereocenters. The first-order valence-electron chi connectivity index (χ1n) is 9.60. The molecule has 2 atom stereocenters. The zero-order chi connectivity index (χ0) is 21.1. The van der Waals surface area contributed by atoms with Gasteiger partial charge in [0.15, 0.2) is 0 Å². The van der Waals surface area contributed by atoms with Crippen LogP contribution in [0.1, 0.15) is 22.5 Å². The number of piperidine rings is 1. The fourth-order valence-corrected chi connectivity index (χ4v) is 3.95. The highest BCUT2D eigenvalue weighted by atomic mass is 35.5. The van der Waals surface area contributed by atoms with Crippen LogP contribution < -0.4 is 15.8 Å². The van der Waals surface area contributed by atoms with Crippen LogP contribution in [0.5, 0.6) is 0 Å². The van der Waals surface area contributed by atoms with Gasteiger partial charge in [-0.2, -0.15) is 0 Å². The van der Waals surface area contributed by atoms with Crippen LogP contribution in [0.2, 0.25) is 5.02 Å². The molecule has 1 amide bonds. The van der Waals surface area contributed by atoms with Crippen LogP contribution >= 0.6 is 11.6 Å². The van der Waals surface area contributed by atoms with Gasteiger partial charge in [0.1, 0.15) is 11.5 Å². The summed E-state index contributed by atoms with van der Waals surface area (Å²) in [6, 6.07) is 17.3. The molecule has 0 spiro atoms. The summed E-state index contributed by atoms with van der Waals surface area (Å²) in [7, 11) is 0. The second kappa shape index (κ2) is 8.30. The highest BCUT2D eigenvalue weighted by Gasteiger charge is 2.45. The number of aromatic amines is 1. The van der Waals surface area contributed by atoms with Crippen LogP contribution in [0, 0.1) is 0 Å². The van der Waals surface area contributed by atoms with E-state index in [-0.39, 0.29) is 17.8 Å². The summed E-state index contributed by atoms with van der Waals surface area (Å²) in [6.07, 6.45) is 1.10. The van der Waals surface area contributed by atoms with Crippen molar-refractivity contribution in [2.24, 2.45) is 0 Å². The summed E-state index contributed by atoms with van der Waals surface area (Å²) < 4.78 is 0. The van der Waals surface area contributed by atoms with E-state index in [4.69, 9.17) is 11.6 Å². The topological polar surface area (TPSA) is 98.3 Å². The van der Waals surface area contributed by atoms with E-state index in [9.17, 15) is 14.7 Å². The van der Waals surface area contributed by atoms with Gasteiger partial charge in [0.2, 0.25) is 5.56 Å². The predicted molar refractivity (Wildman–Crippen MR) is 115 cm³/mol. The van der Waals surface area contributed by atoms with Gasteiger partial charge in [-0.05, 0) is 30.2 Å². The summed E-state index contributed by atoms with van der Waals surface area (Å²) in [4.78, 5) is 33.4. The number of aliphatic hydroxyl groups excluding tert-OH is 1. The van der Waals surface area contributed by atoms with Crippen LogP contribution in [0.15, 0.2) is 71.7 Å². The Hall–Kier alpha value is -3.16. The lowest BCUT2D eigenvalue weighted by molar-refractivity contribution is 0.0362. The number of benzene rings is 1. The number of aliphatic hydroxyl groups is 1. The van der Waals surface area contributed by atoms with E-state index < -0.39 is 17.6 Å². The molecule has 1 fully saturated rings. The van der Waals surface area contributed by atoms with Crippen molar-refractivity contribution in [1.29, 1.82) is 0 Å². The molecule has 8 heteroatoms. The molecule has 1 aromatic carbocycles. The first-order valence-corrected chi connectivity index (χ1v) is 9.98. The van der Waals surface area contributed by atoms with E-state index in [1.807, 2.05) is 35.2 Å². The molecule has 3 N–H and O–H groups in total. The van der Waals surface area contributed by atoms with Crippen LogP contribution in [0.3, 0.4) is 0 Å². The Morgan fingerprint density at radius 3 is 2.63 bits per heavy atom. The highest BCUT2D eigenvalue weighted by molar-refractivity contribution is 6.30. The molecule has 0 bridgehead atoms. The van der Waals surface area contributed by atoms with Crippen LogP contribution in [-0.2, 0) is 5.54 Å². The normalized spacial score (nSPS) is 21.3. The fraction of sp³-hybridized carbons (Fsp3) is 0.227. The second-order valence-electron chi connectivity index (χ2n) is 7.27. The summed E-state index contributed by atoms with van der Waals surface area (Å²) in [5.74, 6) is 0.257. The minimum absolute atomic E-state index is 0.145. The lowest BCUT2D eigenvalue weighted by atomic mass is 9.78. The molecule has 0 aliphatic carbocycles. The maximum Gasteiger partial charge on any atom is 0.268 e. The van der Waals surface area contributed by atoms with Crippen LogP contribution in [-0.4, -0.2) is 40.2 Å². The molecule has 4 rings (SSSR count). The minimum atomic E-state index is -1.01. The molecule has 3 heterocycles. The van der Waals surface area contributed by atoms with E-state index >= 15 is 0 Å². The SMILES string of the molecule is O=C(N[C@]1(c2ccccc2)CCN(c2ccc(Cl)cn2)C[C@H]1O)c1cccc(=O)[nH]1. The Kier molecular flexibility index (Phi) is 5.57. The largest absolute Gasteiger partial charge is 0.388 e. The molecule has 2 aromatic heterocycles. The molecule has 0 radical (unpaired) electrons. The van der Waals surface area contributed by atoms with Crippen molar-refractivity contribution in [2.75, 3.05) is 18.0 Å². The molecule has 7 nitrogen and oxygen atoms in total. The van der Waals surface area contributed by atoms with Gasteiger partial charge in [-0.15, -0.1) is 0 Å². The molecular formula is C22H21ClN4O3. The fourth-order valence-electron chi connectivity index (χ4n) is 3.84. The first kappa shape index (κ1) is 20.1. The zero-order valence-electron chi connectivity index (χ0n) is 16.1. The number of hydrogen-bond donors (Lipinski definition) is 3. The second-order valence-corrected chi connectivity index (χ2v) is 7.70. The Bertz CT molecular complexity index is 1090. The Morgan fingerprint density at radius 2 is 1.97 bits per heavy atom. The van der Waals surface area contributed by atoms with Crippen molar-refractivity contribution < 1.29 is 9.90 Å². The van der Waals surface area contributed by atoms with E-state index in [1.54, 1.807) is 18.3 Å². The molecule has 3 aromatic rings. The van der Waals surface area contributed by atoms with E-state index in [0.717, 1.165) is 5.56 Å². The van der Waals surface area contributed by atoms with Crippen molar-refractivity contribution in [2.45, 2.75) is 18.1 Å². The average Bonchev–Trinajstić information content (AvgIpc) is 2.76. The lowest BCUT2D eigenvalue weighted by Crippen LogP contribution is -2.62. The lowest BCUT2D eigenvalue weighted by Gasteiger charge is -2.46. The first-order chi connectivity index (χ1) is 14.5. The molecule has 1 saturated heterocycles. The van der Waals surface area contributed by atoms with E-state index in [1.165, 1.54) is 18.2 Å². The average molecular weight is 425 g/mol. The maximum atomic E-state index is 12.9. The number of H-pyrrole nitrogens is 1. The number of rotatable bonds is 4. The van der Waals surface area contributed by atoms with Gasteiger partial charge in [-0.25, -0.2) is 4.98 Å². The summed E-state index contributed by atoms with van der Waals surface area (Å²) in [5, 5.41) is 14.8. The third-order valence-electron chi connectivity index (χ3n) is 5.41. The van der Waals surface area contributed by atoms with Crippen molar-refractivity contribution >= 4 is 23.3 Å². The Morgan fingerprint density at radius 1 is 1.17 bits per heavy atom. The van der Waals surface area contributed by atoms with Gasteiger partial charge >= 0.3 is 0 Å². The Balaban J connectivity index is 1.65. The molecule has 1 aliphatic heterocycles. The van der Waals surface area contributed by atoms with Crippen molar-refractivity contribution in [1.82, 2.24) is 15.3 Å². The van der Waals surface area contributed by atoms with Gasteiger partial charge in [-0.1, -0.05) is 48.0 Å². The Labute approximate surface area is 178 Å². The highest BCUT2D eigenvalue weighted by Crippen LogP contribution is 2.35. The number of carbonyl (C=O) groups is 1. The van der Waals surface area contributed by atoms with Gasteiger partial charge in [-0.3, -0.25) is 9.59 Å². The van der Waals surface area contributed by atoms with Gasteiger partial charge in [0.25, 0.3) is 5.91 Å². The van der Waals surface area contributed by atoms with Crippen molar-refractivity contribution in [3.05, 3.63) is 93.5 Å². The number of aromatic nitrogens is 2. The van der Waals surface area contributed by atoms with E-state index in [0.29, 0.717) is 23.8 Å². The predicted octanol–water partition coefficient (Wildman–Crippen LogP) is 2.32. The number of anilines is 1. The minimum Gasteiger partial charge on any atom is -0.388 e. The third-order valence-corrected chi connectivity index (χ3v) is 5.64. The molecular weight excluding hydrogens is 404 g/mol. The summed E-state index contributed by atoms with van der Waals surface area (Å²) in [5.41, 5.74) is -0.422. The molecule has 0 saturated carbocycles. The molecule has 30 heavy (non-hydrogen) atoms. The number of nitrogens with one attached hydrogen (secondary N) is 2. The molecule has 154 valence electrons. The molecule has 1 aliphatic rings. The van der Waals surface area contributed by atoms with Crippen molar-refractivity contribution in [3.8, 4) is 0 Å². The number of carbonyl (C=O) groups excluding carboxylic acids is 1. The smallest absolute Gasteiger partial charge is 0.268 e. The number of amides is 1. The van der Waals surface area contributed by atoms with Crippen molar-refractivity contribution in [3.63, 3.8) is 0 Å².